The topological polar surface area (TPSA) is 62.1 Å². The highest BCUT2D eigenvalue weighted by Gasteiger charge is 2.36. The second-order valence-corrected chi connectivity index (χ2v) is 11.0. The number of nitriles is 1. The van der Waals surface area contributed by atoms with E-state index in [0.717, 1.165) is 65.7 Å². The largest absolute Gasteiger partial charge is 0.494 e. The highest BCUT2D eigenvalue weighted by Crippen LogP contribution is 2.40. The Bertz CT molecular complexity index is 1410. The van der Waals surface area contributed by atoms with Gasteiger partial charge in [-0.1, -0.05) is 42.5 Å². The van der Waals surface area contributed by atoms with E-state index in [1.54, 1.807) is 0 Å². The van der Waals surface area contributed by atoms with E-state index in [-0.39, 0.29) is 5.92 Å². The Balaban J connectivity index is 1.50. The van der Waals surface area contributed by atoms with Crippen molar-refractivity contribution in [3.05, 3.63) is 94.6 Å². The maximum atomic E-state index is 14.4. The first-order chi connectivity index (χ1) is 19.0. The number of hydrogen-bond donors (Lipinski definition) is 1. The molecule has 200 valence electrons. The van der Waals surface area contributed by atoms with Gasteiger partial charge in [0, 0.05) is 24.0 Å². The van der Waals surface area contributed by atoms with Crippen LogP contribution in [0.2, 0.25) is 0 Å². The molecule has 4 nitrogen and oxygen atoms in total. The smallest absolute Gasteiger partial charge is 0.163 e. The summed E-state index contributed by atoms with van der Waals surface area (Å²) in [4.78, 5) is 14.4. The van der Waals surface area contributed by atoms with Crippen molar-refractivity contribution in [3.63, 3.8) is 0 Å². The quantitative estimate of drug-likeness (QED) is 0.326. The monoisotopic (exact) mass is 518 g/mol. The van der Waals surface area contributed by atoms with Crippen LogP contribution >= 0.6 is 0 Å². The molecule has 0 saturated heterocycles. The third-order valence-electron chi connectivity index (χ3n) is 8.77. The fourth-order valence-corrected chi connectivity index (χ4v) is 6.49. The molecular formula is C35H38N2O2. The van der Waals surface area contributed by atoms with Crippen molar-refractivity contribution in [1.82, 2.24) is 5.32 Å². The van der Waals surface area contributed by atoms with Gasteiger partial charge in [-0.25, -0.2) is 0 Å². The minimum absolute atomic E-state index is 0.0857. The van der Waals surface area contributed by atoms with Gasteiger partial charge in [-0.15, -0.1) is 0 Å². The number of ketones is 1. The molecule has 1 fully saturated rings. The van der Waals surface area contributed by atoms with Gasteiger partial charge in [-0.3, -0.25) is 4.79 Å². The van der Waals surface area contributed by atoms with Crippen LogP contribution in [0, 0.1) is 23.2 Å². The van der Waals surface area contributed by atoms with E-state index in [1.807, 2.05) is 44.3 Å². The Hall–Kier alpha value is -3.68. The standard InChI is InChI=1S/C35H38N2O2/c1-4-39-34-18-15-27(25-11-9-24(22-36)10-12-25)19-29(34)21-33(26-13-16-30(37-3)17-14-26)35(38)32-20-28-7-5-6-8-31(28)23(32)2/h5-12,15,18-19,26,30,33,37H,4,13-14,16-17,20-21H2,1-3H3/t26-,30+,33?. The molecule has 0 heterocycles. The molecule has 0 amide bonds. The number of carbonyl (C=O) groups excluding carboxylic acids is 1. The average molecular weight is 519 g/mol. The molecular weight excluding hydrogens is 480 g/mol. The third kappa shape index (κ3) is 5.70. The predicted molar refractivity (Wildman–Crippen MR) is 158 cm³/mol. The molecule has 3 aromatic rings. The van der Waals surface area contributed by atoms with Gasteiger partial charge in [0.15, 0.2) is 5.78 Å². The first kappa shape index (κ1) is 26.9. The van der Waals surface area contributed by atoms with Gasteiger partial charge >= 0.3 is 0 Å². The molecule has 39 heavy (non-hydrogen) atoms. The maximum absolute atomic E-state index is 14.4. The first-order valence-corrected chi connectivity index (χ1v) is 14.3. The number of rotatable bonds is 9. The lowest BCUT2D eigenvalue weighted by molar-refractivity contribution is -0.121. The normalized spacial score (nSPS) is 19.3. The summed E-state index contributed by atoms with van der Waals surface area (Å²) in [5.41, 5.74) is 8.46. The van der Waals surface area contributed by atoms with E-state index in [1.165, 1.54) is 11.1 Å². The summed E-state index contributed by atoms with van der Waals surface area (Å²) in [6.07, 6.45) is 5.72. The summed E-state index contributed by atoms with van der Waals surface area (Å²) in [5.74, 6) is 1.43. The molecule has 1 saturated carbocycles. The van der Waals surface area contributed by atoms with Gasteiger partial charge in [-0.2, -0.15) is 5.26 Å². The minimum Gasteiger partial charge on any atom is -0.494 e. The minimum atomic E-state index is -0.0857. The highest BCUT2D eigenvalue weighted by atomic mass is 16.5. The molecule has 1 unspecified atom stereocenters. The van der Waals surface area contributed by atoms with Gasteiger partial charge < -0.3 is 10.1 Å². The summed E-state index contributed by atoms with van der Waals surface area (Å²) in [6, 6.07) is 25.2. The average Bonchev–Trinajstić information content (AvgIpc) is 3.33. The zero-order chi connectivity index (χ0) is 27.4. The maximum Gasteiger partial charge on any atom is 0.163 e. The zero-order valence-corrected chi connectivity index (χ0v) is 23.3. The molecule has 0 aliphatic heterocycles. The summed E-state index contributed by atoms with van der Waals surface area (Å²) in [7, 11) is 2.04. The summed E-state index contributed by atoms with van der Waals surface area (Å²) < 4.78 is 6.09. The lowest BCUT2D eigenvalue weighted by Crippen LogP contribution is -2.36. The van der Waals surface area contributed by atoms with Crippen LogP contribution in [0.3, 0.4) is 0 Å². The first-order valence-electron chi connectivity index (χ1n) is 14.3. The number of carbonyl (C=O) groups is 1. The molecule has 0 radical (unpaired) electrons. The lowest BCUT2D eigenvalue weighted by Gasteiger charge is -2.34. The van der Waals surface area contributed by atoms with Crippen LogP contribution in [0.5, 0.6) is 5.75 Å². The molecule has 0 bridgehead atoms. The lowest BCUT2D eigenvalue weighted by atomic mass is 9.72. The number of benzene rings is 3. The van der Waals surface area contributed by atoms with Crippen molar-refractivity contribution < 1.29 is 9.53 Å². The Morgan fingerprint density at radius 2 is 1.74 bits per heavy atom. The SMILES string of the molecule is CCOc1ccc(-c2ccc(C#N)cc2)cc1CC(C(=O)C1=C(C)c2ccccc2C1)[C@H]1CC[C@@H](NC)CC1. The molecule has 0 aromatic heterocycles. The molecule has 4 heteroatoms. The number of fused-ring (bicyclic) bond motifs is 1. The number of ether oxygens (including phenoxy) is 1. The van der Waals surface area contributed by atoms with Crippen molar-refractivity contribution in [3.8, 4) is 22.9 Å². The number of nitrogens with zero attached hydrogens (tertiary/aromatic N) is 1. The van der Waals surface area contributed by atoms with Crippen molar-refractivity contribution in [1.29, 1.82) is 5.26 Å². The zero-order valence-electron chi connectivity index (χ0n) is 23.3. The third-order valence-corrected chi connectivity index (χ3v) is 8.77. The van der Waals surface area contributed by atoms with Crippen LogP contribution in [-0.4, -0.2) is 25.5 Å². The van der Waals surface area contributed by atoms with Gasteiger partial charge in [0.1, 0.15) is 5.75 Å². The van der Waals surface area contributed by atoms with Gasteiger partial charge in [0.25, 0.3) is 0 Å². The van der Waals surface area contributed by atoms with Crippen molar-refractivity contribution in [2.24, 2.45) is 11.8 Å². The van der Waals surface area contributed by atoms with Crippen LogP contribution in [0.15, 0.2) is 72.3 Å². The van der Waals surface area contributed by atoms with Crippen LogP contribution in [0.1, 0.15) is 61.8 Å². The van der Waals surface area contributed by atoms with E-state index in [0.29, 0.717) is 36.3 Å². The van der Waals surface area contributed by atoms with Gasteiger partial charge in [0.2, 0.25) is 0 Å². The van der Waals surface area contributed by atoms with Gasteiger partial charge in [-0.05, 0) is 117 Å². The van der Waals surface area contributed by atoms with Crippen molar-refractivity contribution in [2.75, 3.05) is 13.7 Å². The van der Waals surface area contributed by atoms with E-state index in [4.69, 9.17) is 4.74 Å². The van der Waals surface area contributed by atoms with E-state index in [2.05, 4.69) is 54.7 Å². The molecule has 1 atom stereocenters. The van der Waals surface area contributed by atoms with E-state index < -0.39 is 0 Å². The molecule has 3 aromatic carbocycles. The molecule has 1 N–H and O–H groups in total. The highest BCUT2D eigenvalue weighted by molar-refractivity contribution is 6.06. The fourth-order valence-electron chi connectivity index (χ4n) is 6.49. The fraction of sp³-hybridized carbons (Fsp3) is 0.371. The van der Waals surface area contributed by atoms with Crippen LogP contribution in [0.4, 0.5) is 0 Å². The van der Waals surface area contributed by atoms with Crippen LogP contribution in [-0.2, 0) is 17.6 Å². The number of nitrogens with one attached hydrogen (secondary N) is 1. The Morgan fingerprint density at radius 1 is 1.03 bits per heavy atom. The Kier molecular flexibility index (Phi) is 8.29. The van der Waals surface area contributed by atoms with Crippen LogP contribution < -0.4 is 10.1 Å². The summed E-state index contributed by atoms with van der Waals surface area (Å²) in [6.45, 7) is 4.70. The molecule has 0 spiro atoms. The summed E-state index contributed by atoms with van der Waals surface area (Å²) >= 11 is 0. The molecule has 5 rings (SSSR count). The number of allylic oxidation sites excluding steroid dienone is 2. The van der Waals surface area contributed by atoms with E-state index in [9.17, 15) is 10.1 Å². The van der Waals surface area contributed by atoms with Crippen molar-refractivity contribution >= 4 is 11.4 Å². The second-order valence-electron chi connectivity index (χ2n) is 11.0. The van der Waals surface area contributed by atoms with Crippen molar-refractivity contribution in [2.45, 2.75) is 58.4 Å². The second kappa shape index (κ2) is 12.0. The number of Topliss-reactive ketones (excluding diaryl/α,β-unsaturated/α-hetero) is 1. The summed E-state index contributed by atoms with van der Waals surface area (Å²) in [5, 5.41) is 12.6. The Morgan fingerprint density at radius 3 is 2.41 bits per heavy atom. The predicted octanol–water partition coefficient (Wildman–Crippen LogP) is 7.16. The molecule has 2 aliphatic rings. The van der Waals surface area contributed by atoms with Gasteiger partial charge in [0.05, 0.1) is 18.2 Å². The number of hydrogen-bond acceptors (Lipinski definition) is 4. The molecule has 2 aliphatic carbocycles. The van der Waals surface area contributed by atoms with Crippen LogP contribution in [0.25, 0.3) is 16.7 Å². The Labute approximate surface area is 232 Å². The van der Waals surface area contributed by atoms with E-state index >= 15 is 0 Å².